The van der Waals surface area contributed by atoms with Gasteiger partial charge in [0.15, 0.2) is 0 Å². The van der Waals surface area contributed by atoms with Crippen molar-refractivity contribution in [3.63, 3.8) is 0 Å². The summed E-state index contributed by atoms with van der Waals surface area (Å²) in [5.41, 5.74) is -0.575. The SMILES string of the molecule is N#CC(=NCCO)C(=O)O. The van der Waals surface area contributed by atoms with E-state index in [-0.39, 0.29) is 13.2 Å². The Morgan fingerprint density at radius 2 is 2.30 bits per heavy atom. The third-order valence-electron chi connectivity index (χ3n) is 0.678. The molecule has 0 rings (SSSR count). The topological polar surface area (TPSA) is 93.7 Å². The normalized spacial score (nSPS) is 10.6. The van der Waals surface area contributed by atoms with Gasteiger partial charge in [0.25, 0.3) is 0 Å². The highest BCUT2D eigenvalue weighted by molar-refractivity contribution is 6.42. The molecule has 0 radical (unpaired) electrons. The van der Waals surface area contributed by atoms with Crippen LogP contribution >= 0.6 is 0 Å². The van der Waals surface area contributed by atoms with E-state index in [2.05, 4.69) is 4.99 Å². The average Bonchev–Trinajstić information content (AvgIpc) is 1.89. The number of hydrogen-bond acceptors (Lipinski definition) is 4. The first-order valence-electron chi connectivity index (χ1n) is 2.51. The van der Waals surface area contributed by atoms with Gasteiger partial charge in [0, 0.05) is 0 Å². The molecule has 0 aliphatic carbocycles. The molecule has 0 aliphatic rings. The largest absolute Gasteiger partial charge is 0.476 e. The van der Waals surface area contributed by atoms with Gasteiger partial charge in [-0.1, -0.05) is 0 Å². The van der Waals surface area contributed by atoms with E-state index in [4.69, 9.17) is 15.5 Å². The molecule has 0 aromatic rings. The maximum Gasteiger partial charge on any atom is 0.365 e. The van der Waals surface area contributed by atoms with E-state index in [1.165, 1.54) is 6.07 Å². The lowest BCUT2D eigenvalue weighted by Gasteiger charge is -1.87. The maximum absolute atomic E-state index is 10.0. The molecular formula is C5H6N2O3. The molecule has 0 spiro atoms. The summed E-state index contributed by atoms with van der Waals surface area (Å²) in [6.07, 6.45) is 0. The molecule has 0 amide bonds. The first-order valence-corrected chi connectivity index (χ1v) is 2.51. The van der Waals surface area contributed by atoms with Crippen LogP contribution in [-0.2, 0) is 4.79 Å². The van der Waals surface area contributed by atoms with Gasteiger partial charge in [0.2, 0.25) is 5.71 Å². The highest BCUT2D eigenvalue weighted by atomic mass is 16.4. The van der Waals surface area contributed by atoms with Gasteiger partial charge in [0.05, 0.1) is 13.2 Å². The van der Waals surface area contributed by atoms with E-state index in [1.54, 1.807) is 0 Å². The van der Waals surface area contributed by atoms with Gasteiger partial charge in [-0.3, -0.25) is 4.99 Å². The molecule has 0 saturated carbocycles. The van der Waals surface area contributed by atoms with Crippen LogP contribution in [0.15, 0.2) is 4.99 Å². The molecule has 0 unspecified atom stereocenters. The van der Waals surface area contributed by atoms with Gasteiger partial charge in [-0.2, -0.15) is 5.26 Å². The highest BCUT2D eigenvalue weighted by Gasteiger charge is 2.05. The second kappa shape index (κ2) is 4.47. The zero-order valence-electron chi connectivity index (χ0n) is 5.11. The van der Waals surface area contributed by atoms with Gasteiger partial charge in [-0.25, -0.2) is 4.79 Å². The van der Waals surface area contributed by atoms with Crippen molar-refractivity contribution in [2.75, 3.05) is 13.2 Å². The monoisotopic (exact) mass is 142 g/mol. The molecular weight excluding hydrogens is 136 g/mol. The summed E-state index contributed by atoms with van der Waals surface area (Å²) in [4.78, 5) is 13.3. The molecule has 5 nitrogen and oxygen atoms in total. The zero-order valence-corrected chi connectivity index (χ0v) is 5.11. The summed E-state index contributed by atoms with van der Waals surface area (Å²) in [6, 6.07) is 1.38. The number of hydrogen-bond donors (Lipinski definition) is 2. The van der Waals surface area contributed by atoms with Gasteiger partial charge >= 0.3 is 5.97 Å². The second-order valence-electron chi connectivity index (χ2n) is 1.37. The predicted octanol–water partition coefficient (Wildman–Crippen LogP) is -0.972. The van der Waals surface area contributed by atoms with Crippen molar-refractivity contribution in [2.45, 2.75) is 0 Å². The lowest BCUT2D eigenvalue weighted by atomic mass is 10.4. The van der Waals surface area contributed by atoms with Crippen LogP contribution in [0.3, 0.4) is 0 Å². The number of nitrogens with zero attached hydrogens (tertiary/aromatic N) is 2. The highest BCUT2D eigenvalue weighted by Crippen LogP contribution is 1.77. The van der Waals surface area contributed by atoms with Crippen LogP contribution in [0.25, 0.3) is 0 Å². The molecule has 0 bridgehead atoms. The average molecular weight is 142 g/mol. The Hall–Kier alpha value is -1.41. The van der Waals surface area contributed by atoms with Crippen LogP contribution in [0.5, 0.6) is 0 Å². The molecule has 0 atom stereocenters. The summed E-state index contributed by atoms with van der Waals surface area (Å²) in [5, 5.41) is 24.4. The number of aliphatic hydroxyl groups is 1. The summed E-state index contributed by atoms with van der Waals surface area (Å²) in [5.74, 6) is -1.36. The number of aliphatic imine (C=N–C) groups is 1. The van der Waals surface area contributed by atoms with Crippen molar-refractivity contribution in [3.05, 3.63) is 0 Å². The minimum absolute atomic E-state index is 0.0464. The Morgan fingerprint density at radius 3 is 2.60 bits per heavy atom. The second-order valence-corrected chi connectivity index (χ2v) is 1.37. The predicted molar refractivity (Wildman–Crippen MR) is 32.6 cm³/mol. The minimum Gasteiger partial charge on any atom is -0.476 e. The first-order chi connectivity index (χ1) is 4.72. The van der Waals surface area contributed by atoms with Gasteiger partial charge < -0.3 is 10.2 Å². The number of rotatable bonds is 3. The fourth-order valence-corrected chi connectivity index (χ4v) is 0.313. The number of carbonyl (C=O) groups is 1. The standard InChI is InChI=1S/C5H6N2O3/c6-3-4(5(9)10)7-1-2-8/h8H,1-2H2,(H,9,10). The first kappa shape index (κ1) is 8.59. The van der Waals surface area contributed by atoms with E-state index in [1.807, 2.05) is 0 Å². The fraction of sp³-hybridized carbons (Fsp3) is 0.400. The smallest absolute Gasteiger partial charge is 0.365 e. The quantitative estimate of drug-likeness (QED) is 0.495. The van der Waals surface area contributed by atoms with Crippen LogP contribution in [0.1, 0.15) is 0 Å². The van der Waals surface area contributed by atoms with Crippen LogP contribution in [0, 0.1) is 11.3 Å². The molecule has 54 valence electrons. The van der Waals surface area contributed by atoms with Crippen LogP contribution in [0.4, 0.5) is 0 Å². The molecule has 0 aliphatic heterocycles. The van der Waals surface area contributed by atoms with Crippen molar-refractivity contribution in [1.82, 2.24) is 0 Å². The fourth-order valence-electron chi connectivity index (χ4n) is 0.313. The Balaban J connectivity index is 4.09. The van der Waals surface area contributed by atoms with Crippen LogP contribution in [-0.4, -0.2) is 35.0 Å². The zero-order chi connectivity index (χ0) is 7.98. The van der Waals surface area contributed by atoms with E-state index < -0.39 is 11.7 Å². The van der Waals surface area contributed by atoms with E-state index in [9.17, 15) is 4.79 Å². The lowest BCUT2D eigenvalue weighted by molar-refractivity contribution is -0.129. The number of carboxylic acid groups (broad SMARTS) is 1. The van der Waals surface area contributed by atoms with Crippen LogP contribution < -0.4 is 0 Å². The van der Waals surface area contributed by atoms with Crippen LogP contribution in [0.2, 0.25) is 0 Å². The van der Waals surface area contributed by atoms with Crippen molar-refractivity contribution in [3.8, 4) is 6.07 Å². The molecule has 2 N–H and O–H groups in total. The van der Waals surface area contributed by atoms with Crippen molar-refractivity contribution in [2.24, 2.45) is 4.99 Å². The Morgan fingerprint density at radius 1 is 1.70 bits per heavy atom. The number of nitriles is 1. The summed E-state index contributed by atoms with van der Waals surface area (Å²) < 4.78 is 0. The number of aliphatic hydroxyl groups excluding tert-OH is 1. The molecule has 0 fully saturated rings. The molecule has 10 heavy (non-hydrogen) atoms. The molecule has 5 heteroatoms. The lowest BCUT2D eigenvalue weighted by Crippen LogP contribution is -2.11. The molecule has 0 aromatic carbocycles. The third-order valence-corrected chi connectivity index (χ3v) is 0.678. The number of carboxylic acids is 1. The van der Waals surface area contributed by atoms with E-state index in [0.717, 1.165) is 0 Å². The third kappa shape index (κ3) is 2.79. The Kier molecular flexibility index (Phi) is 3.84. The Bertz CT molecular complexity index is 192. The van der Waals surface area contributed by atoms with E-state index in [0.29, 0.717) is 0 Å². The van der Waals surface area contributed by atoms with Gasteiger partial charge in [-0.15, -0.1) is 0 Å². The summed E-state index contributed by atoms with van der Waals surface area (Å²) >= 11 is 0. The van der Waals surface area contributed by atoms with Gasteiger partial charge in [0.1, 0.15) is 6.07 Å². The molecule has 0 aromatic heterocycles. The van der Waals surface area contributed by atoms with Crippen molar-refractivity contribution in [1.29, 1.82) is 5.26 Å². The van der Waals surface area contributed by atoms with Gasteiger partial charge in [-0.05, 0) is 0 Å². The van der Waals surface area contributed by atoms with Crippen molar-refractivity contribution < 1.29 is 15.0 Å². The van der Waals surface area contributed by atoms with E-state index >= 15 is 0 Å². The summed E-state index contributed by atoms with van der Waals surface area (Å²) in [6.45, 7) is -0.298. The summed E-state index contributed by atoms with van der Waals surface area (Å²) in [7, 11) is 0. The Labute approximate surface area is 57.2 Å². The number of aliphatic carboxylic acids is 1. The van der Waals surface area contributed by atoms with Crippen molar-refractivity contribution >= 4 is 11.7 Å². The minimum atomic E-state index is -1.36. The maximum atomic E-state index is 10.0. The molecule has 0 saturated heterocycles. The molecule has 0 heterocycles.